The number of thiol groups is 1. The molecule has 1 N–H and O–H groups in total. The summed E-state index contributed by atoms with van der Waals surface area (Å²) < 4.78 is 1.86. The second kappa shape index (κ2) is 6.10. The standard InChI is InChI=1S/C12H21N3OS/c1-8(12(16)13-5-6-17)7-11-9(2)14-15(4)10(11)3/h8,17H,5-7H2,1-4H3,(H,13,16). The predicted molar refractivity (Wildman–Crippen MR) is 72.4 cm³/mol. The van der Waals surface area contributed by atoms with Gasteiger partial charge in [0.05, 0.1) is 5.69 Å². The van der Waals surface area contributed by atoms with Gasteiger partial charge in [-0.3, -0.25) is 9.48 Å². The number of hydrogen-bond acceptors (Lipinski definition) is 3. The maximum Gasteiger partial charge on any atom is 0.223 e. The highest BCUT2D eigenvalue weighted by atomic mass is 32.1. The van der Waals surface area contributed by atoms with Crippen molar-refractivity contribution in [1.82, 2.24) is 15.1 Å². The van der Waals surface area contributed by atoms with Crippen LogP contribution in [0.2, 0.25) is 0 Å². The van der Waals surface area contributed by atoms with Gasteiger partial charge in [-0.25, -0.2) is 0 Å². The Bertz CT molecular complexity index is 401. The lowest BCUT2D eigenvalue weighted by molar-refractivity contribution is -0.124. The SMILES string of the molecule is Cc1nn(C)c(C)c1CC(C)C(=O)NCCS. The Morgan fingerprint density at radius 3 is 2.65 bits per heavy atom. The first-order valence-corrected chi connectivity index (χ1v) is 6.48. The Balaban J connectivity index is 2.67. The van der Waals surface area contributed by atoms with Crippen LogP contribution < -0.4 is 5.32 Å². The van der Waals surface area contributed by atoms with Crippen LogP contribution in [-0.2, 0) is 18.3 Å². The van der Waals surface area contributed by atoms with Gasteiger partial charge in [0.1, 0.15) is 0 Å². The van der Waals surface area contributed by atoms with Crippen LogP contribution in [0.5, 0.6) is 0 Å². The lowest BCUT2D eigenvalue weighted by atomic mass is 9.99. The molecule has 17 heavy (non-hydrogen) atoms. The van der Waals surface area contributed by atoms with E-state index in [1.807, 2.05) is 32.5 Å². The van der Waals surface area contributed by atoms with E-state index in [9.17, 15) is 4.79 Å². The molecule has 1 aromatic heterocycles. The number of aromatic nitrogens is 2. The molecule has 4 nitrogen and oxygen atoms in total. The largest absolute Gasteiger partial charge is 0.355 e. The van der Waals surface area contributed by atoms with E-state index in [1.54, 1.807) is 0 Å². The first kappa shape index (κ1) is 14.1. The fraction of sp³-hybridized carbons (Fsp3) is 0.667. The van der Waals surface area contributed by atoms with Crippen molar-refractivity contribution in [3.8, 4) is 0 Å². The first-order chi connectivity index (χ1) is 7.97. The zero-order valence-electron chi connectivity index (χ0n) is 10.9. The Hall–Kier alpha value is -0.970. The summed E-state index contributed by atoms with van der Waals surface area (Å²) in [5, 5.41) is 7.21. The van der Waals surface area contributed by atoms with Crippen molar-refractivity contribution in [1.29, 1.82) is 0 Å². The van der Waals surface area contributed by atoms with Gasteiger partial charge in [0.2, 0.25) is 5.91 Å². The Morgan fingerprint density at radius 2 is 2.18 bits per heavy atom. The number of carbonyl (C=O) groups excluding carboxylic acids is 1. The minimum atomic E-state index is -0.0310. The fourth-order valence-electron chi connectivity index (χ4n) is 1.87. The number of carbonyl (C=O) groups is 1. The van der Waals surface area contributed by atoms with E-state index in [1.165, 1.54) is 5.56 Å². The average molecular weight is 255 g/mol. The van der Waals surface area contributed by atoms with Crippen molar-refractivity contribution in [2.24, 2.45) is 13.0 Å². The molecular formula is C12H21N3OS. The van der Waals surface area contributed by atoms with Gasteiger partial charge in [0, 0.05) is 31.0 Å². The molecule has 5 heteroatoms. The maximum atomic E-state index is 11.8. The van der Waals surface area contributed by atoms with Crippen LogP contribution in [0.25, 0.3) is 0 Å². The fourth-order valence-corrected chi connectivity index (χ4v) is 1.98. The smallest absolute Gasteiger partial charge is 0.223 e. The van der Waals surface area contributed by atoms with Crippen LogP contribution in [0.4, 0.5) is 0 Å². The zero-order valence-corrected chi connectivity index (χ0v) is 11.8. The molecular weight excluding hydrogens is 234 g/mol. The molecule has 96 valence electrons. The zero-order chi connectivity index (χ0) is 13.0. The molecule has 0 saturated carbocycles. The van der Waals surface area contributed by atoms with Gasteiger partial charge in [-0.15, -0.1) is 0 Å². The van der Waals surface area contributed by atoms with Crippen LogP contribution >= 0.6 is 12.6 Å². The van der Waals surface area contributed by atoms with Crippen LogP contribution in [-0.4, -0.2) is 28.0 Å². The van der Waals surface area contributed by atoms with Crippen molar-refractivity contribution in [3.63, 3.8) is 0 Å². The maximum absolute atomic E-state index is 11.8. The summed E-state index contributed by atoms with van der Waals surface area (Å²) in [5.74, 6) is 0.724. The second-order valence-corrected chi connectivity index (χ2v) is 4.84. The molecule has 0 fully saturated rings. The minimum Gasteiger partial charge on any atom is -0.355 e. The van der Waals surface area contributed by atoms with Gasteiger partial charge in [0.15, 0.2) is 0 Å². The molecule has 1 unspecified atom stereocenters. The molecule has 1 atom stereocenters. The molecule has 1 aromatic rings. The molecule has 0 saturated heterocycles. The number of rotatable bonds is 5. The third kappa shape index (κ3) is 3.49. The van der Waals surface area contributed by atoms with E-state index in [0.717, 1.165) is 17.8 Å². The predicted octanol–water partition coefficient (Wildman–Crippen LogP) is 1.26. The molecule has 1 heterocycles. The van der Waals surface area contributed by atoms with Gasteiger partial charge in [0.25, 0.3) is 0 Å². The average Bonchev–Trinajstić information content (AvgIpc) is 2.52. The molecule has 1 rings (SSSR count). The quantitative estimate of drug-likeness (QED) is 0.778. The second-order valence-electron chi connectivity index (χ2n) is 4.39. The summed E-state index contributed by atoms with van der Waals surface area (Å²) in [6.07, 6.45) is 0.740. The summed E-state index contributed by atoms with van der Waals surface area (Å²) >= 11 is 4.07. The number of amides is 1. The summed E-state index contributed by atoms with van der Waals surface area (Å²) in [6.45, 7) is 6.59. The van der Waals surface area contributed by atoms with E-state index in [-0.39, 0.29) is 11.8 Å². The highest BCUT2D eigenvalue weighted by Crippen LogP contribution is 2.16. The van der Waals surface area contributed by atoms with Gasteiger partial charge in [-0.2, -0.15) is 17.7 Å². The van der Waals surface area contributed by atoms with Gasteiger partial charge in [-0.1, -0.05) is 6.92 Å². The van der Waals surface area contributed by atoms with E-state index in [2.05, 4.69) is 23.0 Å². The number of aryl methyl sites for hydroxylation is 2. The summed E-state index contributed by atoms with van der Waals surface area (Å²) in [5.41, 5.74) is 3.33. The van der Waals surface area contributed by atoms with Gasteiger partial charge >= 0.3 is 0 Å². The lowest BCUT2D eigenvalue weighted by Crippen LogP contribution is -2.31. The molecule has 0 aromatic carbocycles. The van der Waals surface area contributed by atoms with Crippen LogP contribution in [0.15, 0.2) is 0 Å². The summed E-state index contributed by atoms with van der Waals surface area (Å²) in [4.78, 5) is 11.8. The molecule has 0 aliphatic carbocycles. The third-order valence-corrected chi connectivity index (χ3v) is 3.25. The molecule has 0 spiro atoms. The molecule has 0 radical (unpaired) electrons. The first-order valence-electron chi connectivity index (χ1n) is 5.85. The molecule has 0 aliphatic rings. The van der Waals surface area contributed by atoms with Gasteiger partial charge < -0.3 is 5.32 Å². The molecule has 1 amide bonds. The highest BCUT2D eigenvalue weighted by molar-refractivity contribution is 7.80. The number of nitrogens with one attached hydrogen (secondary N) is 1. The van der Waals surface area contributed by atoms with Crippen LogP contribution in [0.1, 0.15) is 23.9 Å². The van der Waals surface area contributed by atoms with E-state index in [0.29, 0.717) is 12.3 Å². The van der Waals surface area contributed by atoms with E-state index >= 15 is 0 Å². The Labute approximate surface area is 108 Å². The van der Waals surface area contributed by atoms with Crippen LogP contribution in [0.3, 0.4) is 0 Å². The third-order valence-electron chi connectivity index (χ3n) is 3.03. The molecule has 0 bridgehead atoms. The van der Waals surface area contributed by atoms with Crippen LogP contribution in [0, 0.1) is 19.8 Å². The topological polar surface area (TPSA) is 46.9 Å². The lowest BCUT2D eigenvalue weighted by Gasteiger charge is -2.11. The van der Waals surface area contributed by atoms with Crippen molar-refractivity contribution in [3.05, 3.63) is 17.0 Å². The van der Waals surface area contributed by atoms with Crippen molar-refractivity contribution < 1.29 is 4.79 Å². The Morgan fingerprint density at radius 1 is 1.53 bits per heavy atom. The number of hydrogen-bond donors (Lipinski definition) is 2. The van der Waals surface area contributed by atoms with Crippen molar-refractivity contribution in [2.75, 3.05) is 12.3 Å². The highest BCUT2D eigenvalue weighted by Gasteiger charge is 2.17. The van der Waals surface area contributed by atoms with E-state index < -0.39 is 0 Å². The monoisotopic (exact) mass is 255 g/mol. The van der Waals surface area contributed by atoms with Gasteiger partial charge in [-0.05, 0) is 25.8 Å². The summed E-state index contributed by atoms with van der Waals surface area (Å²) in [7, 11) is 1.93. The van der Waals surface area contributed by atoms with E-state index in [4.69, 9.17) is 0 Å². The minimum absolute atomic E-state index is 0.0310. The Kier molecular flexibility index (Phi) is 5.05. The van der Waals surface area contributed by atoms with Crippen molar-refractivity contribution in [2.45, 2.75) is 27.2 Å². The summed E-state index contributed by atoms with van der Waals surface area (Å²) in [6, 6.07) is 0. The number of nitrogens with zero attached hydrogens (tertiary/aromatic N) is 2. The molecule has 0 aliphatic heterocycles. The normalized spacial score (nSPS) is 12.5. The van der Waals surface area contributed by atoms with Crippen molar-refractivity contribution >= 4 is 18.5 Å².